The van der Waals surface area contributed by atoms with Gasteiger partial charge in [0.25, 0.3) is 0 Å². The molecule has 0 amide bonds. The molecule has 2 N–H and O–H groups in total. The van der Waals surface area contributed by atoms with Crippen molar-refractivity contribution in [3.63, 3.8) is 0 Å². The molecule has 0 saturated heterocycles. The van der Waals surface area contributed by atoms with E-state index in [2.05, 4.69) is 0 Å². The van der Waals surface area contributed by atoms with Gasteiger partial charge in [0.15, 0.2) is 5.78 Å². The van der Waals surface area contributed by atoms with Crippen LogP contribution in [0.2, 0.25) is 0 Å². The molecule has 0 heterocycles. The van der Waals surface area contributed by atoms with Crippen molar-refractivity contribution in [2.24, 2.45) is 0 Å². The maximum absolute atomic E-state index is 13.4. The Labute approximate surface area is 122 Å². The Kier molecular flexibility index (Phi) is 4.42. The van der Waals surface area contributed by atoms with Crippen LogP contribution in [-0.4, -0.2) is 19.5 Å². The molecule has 0 aliphatic rings. The largest absolute Gasteiger partial charge is 0.496 e. The number of methoxy groups -OCH3 is 1. The zero-order valence-electron chi connectivity index (χ0n) is 11.9. The summed E-state index contributed by atoms with van der Waals surface area (Å²) < 4.78 is 23.8. The Bertz CT molecular complexity index is 671. The van der Waals surface area contributed by atoms with Crippen LogP contribution in [0.4, 0.5) is 10.1 Å². The van der Waals surface area contributed by atoms with Crippen LogP contribution in [0.5, 0.6) is 11.5 Å². The second-order valence-corrected chi connectivity index (χ2v) is 4.36. The second kappa shape index (κ2) is 6.26. The summed E-state index contributed by atoms with van der Waals surface area (Å²) in [5.74, 6) is -0.0340. The van der Waals surface area contributed by atoms with Crippen molar-refractivity contribution < 1.29 is 18.7 Å². The van der Waals surface area contributed by atoms with Crippen LogP contribution >= 0.6 is 0 Å². The number of ketones is 1. The molecule has 0 bridgehead atoms. The first-order chi connectivity index (χ1) is 10.1. The SMILES string of the molecule is CCOc1ccc(C(=O)c2cc(F)ccc2OC)cc1N. The van der Waals surface area contributed by atoms with E-state index in [9.17, 15) is 9.18 Å². The highest BCUT2D eigenvalue weighted by Crippen LogP contribution is 2.27. The minimum atomic E-state index is -0.502. The van der Waals surface area contributed by atoms with Gasteiger partial charge in [0.1, 0.15) is 17.3 Å². The van der Waals surface area contributed by atoms with Crippen LogP contribution < -0.4 is 15.2 Å². The first-order valence-electron chi connectivity index (χ1n) is 6.47. The summed E-state index contributed by atoms with van der Waals surface area (Å²) >= 11 is 0. The summed E-state index contributed by atoms with van der Waals surface area (Å²) in [5.41, 5.74) is 6.70. The van der Waals surface area contributed by atoms with Gasteiger partial charge in [-0.2, -0.15) is 0 Å². The van der Waals surface area contributed by atoms with Gasteiger partial charge in [0.05, 0.1) is 25.0 Å². The fourth-order valence-electron chi connectivity index (χ4n) is 1.99. The highest BCUT2D eigenvalue weighted by Gasteiger charge is 2.16. The Hall–Kier alpha value is -2.56. The van der Waals surface area contributed by atoms with Gasteiger partial charge in [-0.25, -0.2) is 4.39 Å². The number of nitrogens with two attached hydrogens (primary N) is 1. The Balaban J connectivity index is 2.40. The summed E-state index contributed by atoms with van der Waals surface area (Å²) in [6.07, 6.45) is 0. The average Bonchev–Trinajstić information content (AvgIpc) is 2.48. The maximum Gasteiger partial charge on any atom is 0.196 e. The first kappa shape index (κ1) is 14.8. The number of hydrogen-bond acceptors (Lipinski definition) is 4. The van der Waals surface area contributed by atoms with Gasteiger partial charge in [-0.05, 0) is 43.3 Å². The zero-order chi connectivity index (χ0) is 15.4. The highest BCUT2D eigenvalue weighted by molar-refractivity contribution is 6.11. The third-order valence-corrected chi connectivity index (χ3v) is 2.98. The lowest BCUT2D eigenvalue weighted by Crippen LogP contribution is -2.06. The van der Waals surface area contributed by atoms with E-state index in [1.807, 2.05) is 6.92 Å². The molecule has 4 nitrogen and oxygen atoms in total. The highest BCUT2D eigenvalue weighted by atomic mass is 19.1. The minimum Gasteiger partial charge on any atom is -0.496 e. The number of carbonyl (C=O) groups is 1. The molecule has 0 aliphatic heterocycles. The normalized spacial score (nSPS) is 10.2. The molecule has 21 heavy (non-hydrogen) atoms. The number of nitrogen functional groups attached to an aromatic ring is 1. The predicted octanol–water partition coefficient (Wildman–Crippen LogP) is 3.05. The maximum atomic E-state index is 13.4. The number of rotatable bonds is 5. The molecule has 5 heteroatoms. The van der Waals surface area contributed by atoms with Crippen molar-refractivity contribution in [1.82, 2.24) is 0 Å². The molecule has 0 radical (unpaired) electrons. The monoisotopic (exact) mass is 289 g/mol. The molecule has 2 aromatic rings. The number of anilines is 1. The van der Waals surface area contributed by atoms with Crippen LogP contribution in [0.3, 0.4) is 0 Å². The van der Waals surface area contributed by atoms with E-state index in [0.29, 0.717) is 29.4 Å². The molecule has 0 saturated carbocycles. The van der Waals surface area contributed by atoms with Gasteiger partial charge in [0, 0.05) is 5.56 Å². The second-order valence-electron chi connectivity index (χ2n) is 4.36. The lowest BCUT2D eigenvalue weighted by atomic mass is 10.0. The van der Waals surface area contributed by atoms with Gasteiger partial charge in [-0.1, -0.05) is 0 Å². The summed E-state index contributed by atoms with van der Waals surface area (Å²) in [5, 5.41) is 0. The van der Waals surface area contributed by atoms with Crippen LogP contribution in [0.25, 0.3) is 0 Å². The number of hydrogen-bond donors (Lipinski definition) is 1. The molecule has 0 aliphatic carbocycles. The van der Waals surface area contributed by atoms with Gasteiger partial charge in [-0.3, -0.25) is 4.79 Å². The van der Waals surface area contributed by atoms with E-state index < -0.39 is 5.82 Å². The number of halogens is 1. The molecule has 0 spiro atoms. The number of ether oxygens (including phenoxy) is 2. The van der Waals surface area contributed by atoms with Crippen LogP contribution in [0, 0.1) is 5.82 Å². The van der Waals surface area contributed by atoms with E-state index in [0.717, 1.165) is 6.07 Å². The van der Waals surface area contributed by atoms with Crippen LogP contribution in [0.15, 0.2) is 36.4 Å². The van der Waals surface area contributed by atoms with Gasteiger partial charge in [0.2, 0.25) is 0 Å². The van der Waals surface area contributed by atoms with Gasteiger partial charge in [-0.15, -0.1) is 0 Å². The standard InChI is InChI=1S/C16H16FNO3/c1-3-21-15-6-4-10(8-13(15)18)16(19)12-9-11(17)5-7-14(12)20-2/h4-9H,3,18H2,1-2H3. The zero-order valence-corrected chi connectivity index (χ0v) is 11.9. The van der Waals surface area contributed by atoms with E-state index >= 15 is 0 Å². The van der Waals surface area contributed by atoms with Crippen molar-refractivity contribution in [2.75, 3.05) is 19.5 Å². The average molecular weight is 289 g/mol. The van der Waals surface area contributed by atoms with Crippen LogP contribution in [-0.2, 0) is 0 Å². The van der Waals surface area contributed by atoms with Crippen molar-refractivity contribution in [2.45, 2.75) is 6.92 Å². The van der Waals surface area contributed by atoms with Crippen molar-refractivity contribution in [3.05, 3.63) is 53.3 Å². The molecule has 0 aromatic heterocycles. The minimum absolute atomic E-state index is 0.154. The fraction of sp³-hybridized carbons (Fsp3) is 0.188. The van der Waals surface area contributed by atoms with E-state index in [-0.39, 0.29) is 11.3 Å². The molecule has 0 unspecified atom stereocenters. The van der Waals surface area contributed by atoms with Crippen molar-refractivity contribution in [3.8, 4) is 11.5 Å². The first-order valence-corrected chi connectivity index (χ1v) is 6.47. The Morgan fingerprint density at radius 1 is 1.19 bits per heavy atom. The Morgan fingerprint density at radius 2 is 1.90 bits per heavy atom. The smallest absolute Gasteiger partial charge is 0.196 e. The third kappa shape index (κ3) is 3.13. The van der Waals surface area contributed by atoms with E-state index in [1.165, 1.54) is 25.3 Å². The molecule has 0 fully saturated rings. The topological polar surface area (TPSA) is 61.5 Å². The molecule has 2 aromatic carbocycles. The third-order valence-electron chi connectivity index (χ3n) is 2.98. The lowest BCUT2D eigenvalue weighted by Gasteiger charge is -2.10. The van der Waals surface area contributed by atoms with Crippen molar-refractivity contribution >= 4 is 11.5 Å². The summed E-state index contributed by atoms with van der Waals surface area (Å²) in [4.78, 5) is 12.5. The Morgan fingerprint density at radius 3 is 2.52 bits per heavy atom. The van der Waals surface area contributed by atoms with Crippen molar-refractivity contribution in [1.29, 1.82) is 0 Å². The molecule has 2 rings (SSSR count). The lowest BCUT2D eigenvalue weighted by molar-refractivity contribution is 0.103. The molecule has 110 valence electrons. The van der Waals surface area contributed by atoms with Gasteiger partial charge < -0.3 is 15.2 Å². The van der Waals surface area contributed by atoms with Gasteiger partial charge >= 0.3 is 0 Å². The number of carbonyl (C=O) groups excluding carboxylic acids is 1. The predicted molar refractivity (Wildman–Crippen MR) is 78.4 cm³/mol. The van der Waals surface area contributed by atoms with Crippen LogP contribution in [0.1, 0.15) is 22.8 Å². The summed E-state index contributed by atoms with van der Waals surface area (Å²) in [6, 6.07) is 8.53. The quantitative estimate of drug-likeness (QED) is 0.679. The molecular weight excluding hydrogens is 273 g/mol. The molecular formula is C16H16FNO3. The molecule has 0 atom stereocenters. The summed E-state index contributed by atoms with van der Waals surface area (Å²) in [6.45, 7) is 2.32. The number of benzene rings is 2. The summed E-state index contributed by atoms with van der Waals surface area (Å²) in [7, 11) is 1.43. The van der Waals surface area contributed by atoms with E-state index in [1.54, 1.807) is 12.1 Å². The van der Waals surface area contributed by atoms with E-state index in [4.69, 9.17) is 15.2 Å². The fourth-order valence-corrected chi connectivity index (χ4v) is 1.99.